The zero-order valence-corrected chi connectivity index (χ0v) is 15.1. The van der Waals surface area contributed by atoms with Gasteiger partial charge in [0.05, 0.1) is 5.56 Å². The minimum Gasteiger partial charge on any atom is -0.489 e. The number of hydrogen-bond acceptors (Lipinski definition) is 4. The van der Waals surface area contributed by atoms with Crippen LogP contribution >= 0.6 is 0 Å². The Morgan fingerprint density at radius 3 is 2.65 bits per heavy atom. The Morgan fingerprint density at radius 1 is 1.08 bits per heavy atom. The summed E-state index contributed by atoms with van der Waals surface area (Å²) in [4.78, 5) is 15.5. The first-order chi connectivity index (χ1) is 12.6. The van der Waals surface area contributed by atoms with Gasteiger partial charge in [-0.25, -0.2) is 4.79 Å². The molecule has 3 aromatic rings. The van der Waals surface area contributed by atoms with Crippen LogP contribution in [0.15, 0.2) is 60.8 Å². The zero-order chi connectivity index (χ0) is 18.4. The average molecular weight is 352 g/mol. The molecule has 5 heteroatoms. The van der Waals surface area contributed by atoms with Crippen LogP contribution in [0.25, 0.3) is 10.9 Å². The smallest absolute Gasteiger partial charge is 0.338 e. The molecule has 1 aromatic heterocycles. The van der Waals surface area contributed by atoms with Gasteiger partial charge in [0.1, 0.15) is 18.5 Å². The molecule has 3 rings (SSSR count). The van der Waals surface area contributed by atoms with Gasteiger partial charge in [-0.15, -0.1) is 0 Å². The molecule has 0 fully saturated rings. The zero-order valence-electron chi connectivity index (χ0n) is 15.1. The largest absolute Gasteiger partial charge is 0.489 e. The van der Waals surface area contributed by atoms with E-state index in [1.165, 1.54) is 0 Å². The van der Waals surface area contributed by atoms with Crippen molar-refractivity contribution in [3.05, 3.63) is 66.4 Å². The van der Waals surface area contributed by atoms with Gasteiger partial charge in [0.2, 0.25) is 0 Å². The Kier molecular flexibility index (Phi) is 5.92. The molecule has 26 heavy (non-hydrogen) atoms. The van der Waals surface area contributed by atoms with Gasteiger partial charge in [-0.3, -0.25) is 0 Å². The van der Waals surface area contributed by atoms with Crippen molar-refractivity contribution in [1.29, 1.82) is 0 Å². The monoisotopic (exact) mass is 352 g/mol. The highest BCUT2D eigenvalue weighted by atomic mass is 16.6. The lowest BCUT2D eigenvalue weighted by Gasteiger charge is -2.20. The van der Waals surface area contributed by atoms with Crippen molar-refractivity contribution in [2.75, 3.05) is 13.2 Å². The van der Waals surface area contributed by atoms with E-state index in [9.17, 15) is 4.79 Å². The molecule has 136 valence electrons. The van der Waals surface area contributed by atoms with Gasteiger partial charge in [0.15, 0.2) is 0 Å². The molecule has 1 atom stereocenters. The van der Waals surface area contributed by atoms with E-state index in [1.54, 1.807) is 12.1 Å². The highest BCUT2D eigenvalue weighted by Crippen LogP contribution is 2.24. The van der Waals surface area contributed by atoms with Crippen molar-refractivity contribution in [1.82, 2.24) is 10.3 Å². The first-order valence-electron chi connectivity index (χ1n) is 8.82. The lowest BCUT2D eigenvalue weighted by atomic mass is 10.2. The van der Waals surface area contributed by atoms with Gasteiger partial charge in [-0.05, 0) is 30.3 Å². The van der Waals surface area contributed by atoms with Crippen LogP contribution in [0.3, 0.4) is 0 Å². The number of hydrogen-bond donors (Lipinski definition) is 2. The molecule has 0 radical (unpaired) electrons. The van der Waals surface area contributed by atoms with Crippen LogP contribution in [0.5, 0.6) is 5.75 Å². The van der Waals surface area contributed by atoms with E-state index < -0.39 is 0 Å². The molecule has 0 amide bonds. The summed E-state index contributed by atoms with van der Waals surface area (Å²) in [6, 6.07) is 17.1. The SMILES string of the molecule is CC(C)NCC(COc1cccc2[nH]ccc12)OC(=O)c1ccccc1. The molecular formula is C21H24N2O3. The number of benzene rings is 2. The Balaban J connectivity index is 1.67. The molecule has 2 N–H and O–H groups in total. The van der Waals surface area contributed by atoms with Crippen LogP contribution in [0.4, 0.5) is 0 Å². The first-order valence-corrected chi connectivity index (χ1v) is 8.82. The van der Waals surface area contributed by atoms with Gasteiger partial charge in [-0.2, -0.15) is 0 Å². The number of nitrogens with one attached hydrogen (secondary N) is 2. The Bertz CT molecular complexity index is 843. The van der Waals surface area contributed by atoms with Crippen molar-refractivity contribution in [2.45, 2.75) is 26.0 Å². The lowest BCUT2D eigenvalue weighted by Crippen LogP contribution is -2.38. The molecule has 0 spiro atoms. The summed E-state index contributed by atoms with van der Waals surface area (Å²) in [7, 11) is 0. The third-order valence-electron chi connectivity index (χ3n) is 4.02. The topological polar surface area (TPSA) is 63.4 Å². The second-order valence-corrected chi connectivity index (χ2v) is 6.46. The number of fused-ring (bicyclic) bond motifs is 1. The van der Waals surface area contributed by atoms with Gasteiger partial charge in [0, 0.05) is 29.7 Å². The number of carbonyl (C=O) groups is 1. The van der Waals surface area contributed by atoms with E-state index in [0.29, 0.717) is 18.2 Å². The van der Waals surface area contributed by atoms with Crippen LogP contribution < -0.4 is 10.1 Å². The lowest BCUT2D eigenvalue weighted by molar-refractivity contribution is 0.0174. The summed E-state index contributed by atoms with van der Waals surface area (Å²) < 4.78 is 11.6. The number of esters is 1. The first kappa shape index (κ1) is 18.0. The van der Waals surface area contributed by atoms with Crippen molar-refractivity contribution < 1.29 is 14.3 Å². The van der Waals surface area contributed by atoms with Crippen LogP contribution in [-0.2, 0) is 4.74 Å². The van der Waals surface area contributed by atoms with Crippen LogP contribution in [-0.4, -0.2) is 36.3 Å². The molecule has 0 saturated heterocycles. The third-order valence-corrected chi connectivity index (χ3v) is 4.02. The number of ether oxygens (including phenoxy) is 2. The average Bonchev–Trinajstić information content (AvgIpc) is 3.13. The minimum atomic E-state index is -0.390. The number of aromatic nitrogens is 1. The predicted molar refractivity (Wildman–Crippen MR) is 103 cm³/mol. The Labute approximate surface area is 153 Å². The molecule has 0 saturated carbocycles. The van der Waals surface area contributed by atoms with E-state index in [4.69, 9.17) is 9.47 Å². The van der Waals surface area contributed by atoms with Crippen LogP contribution in [0.2, 0.25) is 0 Å². The normalized spacial score (nSPS) is 12.3. The molecular weight excluding hydrogens is 328 g/mol. The highest BCUT2D eigenvalue weighted by Gasteiger charge is 2.18. The number of rotatable bonds is 8. The molecule has 0 aliphatic rings. The van der Waals surface area contributed by atoms with Crippen LogP contribution in [0.1, 0.15) is 24.2 Å². The maximum absolute atomic E-state index is 12.4. The van der Waals surface area contributed by atoms with Crippen molar-refractivity contribution in [2.24, 2.45) is 0 Å². The predicted octanol–water partition coefficient (Wildman–Crippen LogP) is 3.77. The van der Waals surface area contributed by atoms with E-state index in [2.05, 4.69) is 24.1 Å². The molecule has 5 nitrogen and oxygen atoms in total. The molecule has 0 bridgehead atoms. The van der Waals surface area contributed by atoms with E-state index in [1.807, 2.05) is 48.7 Å². The quantitative estimate of drug-likeness (QED) is 0.606. The van der Waals surface area contributed by atoms with Gasteiger partial charge >= 0.3 is 5.97 Å². The highest BCUT2D eigenvalue weighted by molar-refractivity contribution is 5.89. The summed E-state index contributed by atoms with van der Waals surface area (Å²) in [6.07, 6.45) is 1.49. The number of H-pyrrole nitrogens is 1. The number of carbonyl (C=O) groups excluding carboxylic acids is 1. The van der Waals surface area contributed by atoms with E-state index in [-0.39, 0.29) is 18.7 Å². The number of aromatic amines is 1. The maximum atomic E-state index is 12.4. The Hall–Kier alpha value is -2.79. The fraction of sp³-hybridized carbons (Fsp3) is 0.286. The Morgan fingerprint density at radius 2 is 1.88 bits per heavy atom. The summed E-state index contributed by atoms with van der Waals surface area (Å²) in [5, 5.41) is 4.32. The summed E-state index contributed by atoms with van der Waals surface area (Å²) in [6.45, 7) is 4.91. The molecule has 0 aliphatic carbocycles. The van der Waals surface area contributed by atoms with Gasteiger partial charge in [0.25, 0.3) is 0 Å². The molecule has 0 aliphatic heterocycles. The van der Waals surface area contributed by atoms with Crippen molar-refractivity contribution in [3.63, 3.8) is 0 Å². The summed E-state index contributed by atoms with van der Waals surface area (Å²) in [5.74, 6) is 0.429. The van der Waals surface area contributed by atoms with E-state index in [0.717, 1.165) is 16.7 Å². The summed E-state index contributed by atoms with van der Waals surface area (Å²) in [5.41, 5.74) is 1.55. The standard InChI is InChI=1S/C21H24N2O3/c1-15(2)23-13-17(26-21(24)16-7-4-3-5-8-16)14-25-20-10-6-9-19-18(20)11-12-22-19/h3-12,15,17,22-23H,13-14H2,1-2H3. The summed E-state index contributed by atoms with van der Waals surface area (Å²) >= 11 is 0. The third kappa shape index (κ3) is 4.64. The fourth-order valence-corrected chi connectivity index (χ4v) is 2.66. The molecule has 1 heterocycles. The minimum absolute atomic E-state index is 0.280. The van der Waals surface area contributed by atoms with E-state index >= 15 is 0 Å². The second kappa shape index (κ2) is 8.54. The van der Waals surface area contributed by atoms with Gasteiger partial charge < -0.3 is 19.8 Å². The van der Waals surface area contributed by atoms with Crippen molar-refractivity contribution >= 4 is 16.9 Å². The maximum Gasteiger partial charge on any atom is 0.338 e. The van der Waals surface area contributed by atoms with Crippen LogP contribution in [0, 0.1) is 0 Å². The fourth-order valence-electron chi connectivity index (χ4n) is 2.66. The molecule has 1 unspecified atom stereocenters. The second-order valence-electron chi connectivity index (χ2n) is 6.46. The van der Waals surface area contributed by atoms with Gasteiger partial charge in [-0.1, -0.05) is 38.1 Å². The molecule has 2 aromatic carbocycles. The van der Waals surface area contributed by atoms with Crippen molar-refractivity contribution in [3.8, 4) is 5.75 Å².